The molecule has 1 aromatic carbocycles. The maximum atomic E-state index is 12.1. The van der Waals surface area contributed by atoms with E-state index < -0.39 is 0 Å². The molecule has 1 amide bonds. The van der Waals surface area contributed by atoms with Crippen LogP contribution in [0.1, 0.15) is 35.9 Å². The second kappa shape index (κ2) is 5.44. The smallest absolute Gasteiger partial charge is 0.278 e. The summed E-state index contributed by atoms with van der Waals surface area (Å²) in [5.41, 5.74) is 8.02. The van der Waals surface area contributed by atoms with Gasteiger partial charge in [-0.3, -0.25) is 9.89 Å². The number of aromatic amines is 1. The number of amides is 1. The molecule has 0 aliphatic heterocycles. The number of nitrogen functional groups attached to an aromatic ring is 1. The second-order valence-electron chi connectivity index (χ2n) is 4.52. The molecule has 1 heterocycles. The van der Waals surface area contributed by atoms with E-state index in [9.17, 15) is 4.79 Å². The highest BCUT2D eigenvalue weighted by Crippen LogP contribution is 2.23. The zero-order valence-corrected chi connectivity index (χ0v) is 12.3. The predicted molar refractivity (Wildman–Crippen MR) is 79.2 cm³/mol. The van der Waals surface area contributed by atoms with Crippen LogP contribution in [0.2, 0.25) is 0 Å². The number of benzene rings is 1. The van der Waals surface area contributed by atoms with Gasteiger partial charge in [0.1, 0.15) is 0 Å². The van der Waals surface area contributed by atoms with E-state index in [2.05, 4.69) is 31.4 Å². The van der Waals surface area contributed by atoms with E-state index in [-0.39, 0.29) is 17.5 Å². The van der Waals surface area contributed by atoms with Gasteiger partial charge in [-0.25, -0.2) is 0 Å². The average molecular weight is 323 g/mol. The minimum absolute atomic E-state index is 0.194. The third-order valence-electron chi connectivity index (χ3n) is 2.71. The van der Waals surface area contributed by atoms with Crippen molar-refractivity contribution < 1.29 is 4.79 Å². The van der Waals surface area contributed by atoms with Gasteiger partial charge in [-0.15, -0.1) is 0 Å². The van der Waals surface area contributed by atoms with Crippen molar-refractivity contribution in [3.63, 3.8) is 0 Å². The highest BCUT2D eigenvalue weighted by Gasteiger charge is 2.18. The van der Waals surface area contributed by atoms with Crippen LogP contribution in [0.4, 0.5) is 11.4 Å². The lowest BCUT2D eigenvalue weighted by Crippen LogP contribution is -2.14. The Kier molecular flexibility index (Phi) is 3.90. The Morgan fingerprint density at radius 1 is 1.47 bits per heavy atom. The topological polar surface area (TPSA) is 83.8 Å². The molecule has 0 saturated carbocycles. The molecule has 100 valence electrons. The fourth-order valence-corrected chi connectivity index (χ4v) is 2.13. The van der Waals surface area contributed by atoms with E-state index in [0.717, 1.165) is 10.2 Å². The molecule has 5 nitrogen and oxygen atoms in total. The largest absolute Gasteiger partial charge is 0.395 e. The number of halogens is 1. The van der Waals surface area contributed by atoms with Gasteiger partial charge in [0.05, 0.1) is 11.4 Å². The number of hydrogen-bond acceptors (Lipinski definition) is 3. The Labute approximate surface area is 119 Å². The SMILES string of the molecule is CC(C)c1[nH]nc(C(=O)Nc2cccc(Br)c2)c1N. The molecular formula is C13H15BrN4O. The lowest BCUT2D eigenvalue weighted by molar-refractivity contribution is 0.102. The molecule has 4 N–H and O–H groups in total. The van der Waals surface area contributed by atoms with Crippen LogP contribution in [-0.4, -0.2) is 16.1 Å². The molecule has 19 heavy (non-hydrogen) atoms. The molecule has 0 radical (unpaired) electrons. The number of carbonyl (C=O) groups excluding carboxylic acids is 1. The van der Waals surface area contributed by atoms with Gasteiger partial charge in [0, 0.05) is 10.2 Å². The molecule has 1 aromatic heterocycles. The van der Waals surface area contributed by atoms with Gasteiger partial charge < -0.3 is 11.1 Å². The first-order valence-electron chi connectivity index (χ1n) is 5.89. The molecule has 2 rings (SSSR count). The number of aromatic nitrogens is 2. The molecule has 0 saturated heterocycles. The monoisotopic (exact) mass is 322 g/mol. The Balaban J connectivity index is 2.21. The summed E-state index contributed by atoms with van der Waals surface area (Å²) in [5.74, 6) is -0.126. The summed E-state index contributed by atoms with van der Waals surface area (Å²) in [7, 11) is 0. The number of rotatable bonds is 3. The van der Waals surface area contributed by atoms with Gasteiger partial charge in [0.25, 0.3) is 5.91 Å². The van der Waals surface area contributed by atoms with Crippen molar-refractivity contribution in [1.82, 2.24) is 10.2 Å². The lowest BCUT2D eigenvalue weighted by atomic mass is 10.1. The maximum absolute atomic E-state index is 12.1. The van der Waals surface area contributed by atoms with E-state index in [1.807, 2.05) is 32.0 Å². The third kappa shape index (κ3) is 2.96. The maximum Gasteiger partial charge on any atom is 0.278 e. The van der Waals surface area contributed by atoms with Crippen molar-refractivity contribution in [2.75, 3.05) is 11.1 Å². The number of H-pyrrole nitrogens is 1. The minimum atomic E-state index is -0.321. The molecular weight excluding hydrogens is 308 g/mol. The van der Waals surface area contributed by atoms with E-state index in [0.29, 0.717) is 11.4 Å². The first-order chi connectivity index (χ1) is 8.99. The van der Waals surface area contributed by atoms with Crippen LogP contribution in [0, 0.1) is 0 Å². The summed E-state index contributed by atoms with van der Waals surface area (Å²) in [6.45, 7) is 3.97. The fraction of sp³-hybridized carbons (Fsp3) is 0.231. The fourth-order valence-electron chi connectivity index (χ4n) is 1.73. The van der Waals surface area contributed by atoms with Crippen molar-refractivity contribution >= 4 is 33.2 Å². The molecule has 0 fully saturated rings. The van der Waals surface area contributed by atoms with Crippen molar-refractivity contribution in [2.24, 2.45) is 0 Å². The van der Waals surface area contributed by atoms with E-state index >= 15 is 0 Å². The van der Waals surface area contributed by atoms with Crippen LogP contribution >= 0.6 is 15.9 Å². The second-order valence-corrected chi connectivity index (χ2v) is 5.43. The molecule has 0 unspecified atom stereocenters. The molecule has 0 atom stereocenters. The molecule has 0 bridgehead atoms. The standard InChI is InChI=1S/C13H15BrN4O/c1-7(2)11-10(15)12(18-17-11)13(19)16-9-5-3-4-8(14)6-9/h3-7H,15H2,1-2H3,(H,16,19)(H,17,18). The quantitative estimate of drug-likeness (QED) is 0.811. The van der Waals surface area contributed by atoms with Gasteiger partial charge in [-0.05, 0) is 24.1 Å². The Morgan fingerprint density at radius 3 is 2.79 bits per heavy atom. The Bertz CT molecular complexity index is 606. The zero-order chi connectivity index (χ0) is 14.0. The predicted octanol–water partition coefficient (Wildman–Crippen LogP) is 3.13. The Hall–Kier alpha value is -1.82. The zero-order valence-electron chi connectivity index (χ0n) is 10.7. The average Bonchev–Trinajstić information content (AvgIpc) is 2.71. The van der Waals surface area contributed by atoms with Crippen LogP contribution in [0.3, 0.4) is 0 Å². The summed E-state index contributed by atoms with van der Waals surface area (Å²) in [5, 5.41) is 9.55. The van der Waals surface area contributed by atoms with Crippen LogP contribution in [-0.2, 0) is 0 Å². The number of nitrogens with two attached hydrogens (primary N) is 1. The normalized spacial score (nSPS) is 10.7. The van der Waals surface area contributed by atoms with Gasteiger partial charge in [-0.2, -0.15) is 5.10 Å². The molecule has 0 spiro atoms. The summed E-state index contributed by atoms with van der Waals surface area (Å²) >= 11 is 3.35. The van der Waals surface area contributed by atoms with E-state index in [1.165, 1.54) is 0 Å². The van der Waals surface area contributed by atoms with E-state index in [4.69, 9.17) is 5.73 Å². The summed E-state index contributed by atoms with van der Waals surface area (Å²) < 4.78 is 0.892. The number of hydrogen-bond donors (Lipinski definition) is 3. The lowest BCUT2D eigenvalue weighted by Gasteiger charge is -2.05. The van der Waals surface area contributed by atoms with Gasteiger partial charge >= 0.3 is 0 Å². The highest BCUT2D eigenvalue weighted by molar-refractivity contribution is 9.10. The number of carbonyl (C=O) groups is 1. The van der Waals surface area contributed by atoms with Crippen molar-refractivity contribution in [3.8, 4) is 0 Å². The third-order valence-corrected chi connectivity index (χ3v) is 3.20. The molecule has 0 aliphatic rings. The van der Waals surface area contributed by atoms with Gasteiger partial charge in [-0.1, -0.05) is 35.8 Å². The van der Waals surface area contributed by atoms with Gasteiger partial charge in [0.15, 0.2) is 5.69 Å². The number of nitrogens with one attached hydrogen (secondary N) is 2. The molecule has 6 heteroatoms. The first kappa shape index (κ1) is 13.6. The van der Waals surface area contributed by atoms with Gasteiger partial charge in [0.2, 0.25) is 0 Å². The van der Waals surface area contributed by atoms with Crippen LogP contribution in [0.15, 0.2) is 28.7 Å². The summed E-state index contributed by atoms with van der Waals surface area (Å²) in [6.07, 6.45) is 0. The summed E-state index contributed by atoms with van der Waals surface area (Å²) in [4.78, 5) is 12.1. The first-order valence-corrected chi connectivity index (χ1v) is 6.69. The van der Waals surface area contributed by atoms with Crippen molar-refractivity contribution in [2.45, 2.75) is 19.8 Å². The highest BCUT2D eigenvalue weighted by atomic mass is 79.9. The number of anilines is 2. The van der Waals surface area contributed by atoms with Crippen molar-refractivity contribution in [1.29, 1.82) is 0 Å². The number of nitrogens with zero attached hydrogens (tertiary/aromatic N) is 1. The van der Waals surface area contributed by atoms with Crippen LogP contribution in [0.25, 0.3) is 0 Å². The van der Waals surface area contributed by atoms with Crippen LogP contribution < -0.4 is 11.1 Å². The van der Waals surface area contributed by atoms with E-state index in [1.54, 1.807) is 6.07 Å². The van der Waals surface area contributed by atoms with Crippen molar-refractivity contribution in [3.05, 3.63) is 40.1 Å². The summed E-state index contributed by atoms with van der Waals surface area (Å²) in [6, 6.07) is 7.33. The molecule has 2 aromatic rings. The minimum Gasteiger partial charge on any atom is -0.395 e. The Morgan fingerprint density at radius 2 is 2.21 bits per heavy atom. The molecule has 0 aliphatic carbocycles. The van der Waals surface area contributed by atoms with Crippen LogP contribution in [0.5, 0.6) is 0 Å².